The Kier molecular flexibility index (Phi) is 5.21. The second kappa shape index (κ2) is 7.59. The fourth-order valence-corrected chi connectivity index (χ4v) is 3.19. The number of hydrogen-bond donors (Lipinski definition) is 1. The molecule has 0 saturated carbocycles. The zero-order chi connectivity index (χ0) is 20.4. The Hall–Kier alpha value is -3.55. The molecular weight excluding hydrogens is 362 g/mol. The maximum Gasteiger partial charge on any atom is 0.271 e. The molecule has 1 aliphatic heterocycles. The van der Waals surface area contributed by atoms with Crippen molar-refractivity contribution in [2.75, 3.05) is 5.32 Å². The summed E-state index contributed by atoms with van der Waals surface area (Å²) >= 11 is 0. The van der Waals surface area contributed by atoms with Crippen LogP contribution in [0.2, 0.25) is 0 Å². The van der Waals surface area contributed by atoms with Gasteiger partial charge in [-0.25, -0.2) is 0 Å². The van der Waals surface area contributed by atoms with E-state index >= 15 is 0 Å². The van der Waals surface area contributed by atoms with Crippen LogP contribution in [0.4, 0.5) is 11.4 Å². The van der Waals surface area contributed by atoms with E-state index < -0.39 is 28.7 Å². The first kappa shape index (κ1) is 19.2. The van der Waals surface area contributed by atoms with Crippen LogP contribution in [0.25, 0.3) is 0 Å². The van der Waals surface area contributed by atoms with Crippen molar-refractivity contribution >= 4 is 29.1 Å². The second-order valence-corrected chi connectivity index (χ2v) is 6.97. The van der Waals surface area contributed by atoms with E-state index in [-0.39, 0.29) is 34.8 Å². The number of anilines is 1. The van der Waals surface area contributed by atoms with Crippen LogP contribution in [0.3, 0.4) is 0 Å². The number of rotatable bonds is 6. The molecule has 2 aromatic carbocycles. The second-order valence-electron chi connectivity index (χ2n) is 6.97. The molecule has 1 atom stereocenters. The molecule has 0 aliphatic carbocycles. The van der Waals surface area contributed by atoms with E-state index in [4.69, 9.17) is 0 Å². The molecule has 0 radical (unpaired) electrons. The Morgan fingerprint density at radius 2 is 1.68 bits per heavy atom. The van der Waals surface area contributed by atoms with Gasteiger partial charge in [0.1, 0.15) is 6.04 Å². The van der Waals surface area contributed by atoms with Gasteiger partial charge in [0.25, 0.3) is 17.5 Å². The lowest BCUT2D eigenvalue weighted by molar-refractivity contribution is -0.384. The molecule has 1 aliphatic rings. The molecule has 3 rings (SSSR count). The quantitative estimate of drug-likeness (QED) is 0.469. The summed E-state index contributed by atoms with van der Waals surface area (Å²) in [4.78, 5) is 49.8. The topological polar surface area (TPSA) is 110 Å². The molecule has 0 aromatic heterocycles. The van der Waals surface area contributed by atoms with E-state index in [0.29, 0.717) is 0 Å². The number of carbonyl (C=O) groups excluding carboxylic acids is 3. The van der Waals surface area contributed by atoms with Gasteiger partial charge in [0.15, 0.2) is 0 Å². The number of fused-ring (bicyclic) bond motifs is 1. The fraction of sp³-hybridized carbons (Fsp3) is 0.250. The first-order valence-corrected chi connectivity index (χ1v) is 8.82. The van der Waals surface area contributed by atoms with Crippen molar-refractivity contribution in [3.8, 4) is 0 Å². The van der Waals surface area contributed by atoms with E-state index in [9.17, 15) is 24.5 Å². The van der Waals surface area contributed by atoms with Crippen molar-refractivity contribution in [3.63, 3.8) is 0 Å². The van der Waals surface area contributed by atoms with Gasteiger partial charge in [-0.05, 0) is 30.5 Å². The minimum atomic E-state index is -1.02. The third-order valence-corrected chi connectivity index (χ3v) is 4.46. The molecule has 144 valence electrons. The van der Waals surface area contributed by atoms with Crippen LogP contribution in [0.15, 0.2) is 48.5 Å². The van der Waals surface area contributed by atoms with E-state index in [1.165, 1.54) is 24.3 Å². The van der Waals surface area contributed by atoms with Crippen LogP contribution < -0.4 is 5.32 Å². The van der Waals surface area contributed by atoms with Crippen molar-refractivity contribution in [1.82, 2.24) is 4.90 Å². The van der Waals surface area contributed by atoms with Crippen LogP contribution in [0, 0.1) is 16.0 Å². The molecule has 1 heterocycles. The number of imide groups is 1. The Morgan fingerprint density at radius 3 is 2.21 bits per heavy atom. The molecule has 2 aromatic rings. The zero-order valence-corrected chi connectivity index (χ0v) is 15.4. The first-order chi connectivity index (χ1) is 13.3. The number of nitrogens with one attached hydrogen (secondary N) is 1. The van der Waals surface area contributed by atoms with Crippen molar-refractivity contribution in [1.29, 1.82) is 0 Å². The number of carbonyl (C=O) groups is 3. The van der Waals surface area contributed by atoms with Crippen molar-refractivity contribution < 1.29 is 19.3 Å². The summed E-state index contributed by atoms with van der Waals surface area (Å²) in [6, 6.07) is 10.9. The van der Waals surface area contributed by atoms with Gasteiger partial charge in [0, 0.05) is 17.8 Å². The Morgan fingerprint density at radius 1 is 1.07 bits per heavy atom. The van der Waals surface area contributed by atoms with Crippen LogP contribution in [-0.4, -0.2) is 33.6 Å². The summed E-state index contributed by atoms with van der Waals surface area (Å²) in [6.07, 6.45) is 0.270. The molecule has 1 N–H and O–H groups in total. The number of nitro benzene ring substituents is 1. The molecular formula is C20H19N3O5. The van der Waals surface area contributed by atoms with Gasteiger partial charge in [-0.3, -0.25) is 29.4 Å². The maximum absolute atomic E-state index is 12.9. The van der Waals surface area contributed by atoms with Gasteiger partial charge in [-0.1, -0.05) is 32.0 Å². The third-order valence-electron chi connectivity index (χ3n) is 4.46. The number of nitrogens with zero attached hydrogens (tertiary/aromatic N) is 2. The molecule has 0 bridgehead atoms. The van der Waals surface area contributed by atoms with Crippen LogP contribution in [-0.2, 0) is 4.79 Å². The van der Waals surface area contributed by atoms with Crippen molar-refractivity contribution in [3.05, 3.63) is 69.8 Å². The summed E-state index contributed by atoms with van der Waals surface area (Å²) in [6.45, 7) is 3.76. The molecule has 0 saturated heterocycles. The summed E-state index contributed by atoms with van der Waals surface area (Å²) in [5, 5.41) is 13.5. The number of hydrogen-bond acceptors (Lipinski definition) is 5. The van der Waals surface area contributed by atoms with Crippen LogP contribution >= 0.6 is 0 Å². The normalized spacial score (nSPS) is 14.2. The predicted octanol–water partition coefficient (Wildman–Crippen LogP) is 3.24. The molecule has 8 heteroatoms. The van der Waals surface area contributed by atoms with E-state index in [1.807, 2.05) is 13.8 Å². The Balaban J connectivity index is 1.90. The number of amides is 3. The smallest absolute Gasteiger partial charge is 0.271 e. The van der Waals surface area contributed by atoms with Gasteiger partial charge in [0.2, 0.25) is 5.91 Å². The summed E-state index contributed by atoms with van der Waals surface area (Å²) in [5.41, 5.74) is 0.595. The summed E-state index contributed by atoms with van der Waals surface area (Å²) in [5.74, 6) is -1.56. The minimum Gasteiger partial charge on any atom is -0.324 e. The fourth-order valence-electron chi connectivity index (χ4n) is 3.19. The van der Waals surface area contributed by atoms with Crippen molar-refractivity contribution in [2.24, 2.45) is 5.92 Å². The average molecular weight is 381 g/mol. The molecule has 8 nitrogen and oxygen atoms in total. The number of nitro groups is 1. The monoisotopic (exact) mass is 381 g/mol. The van der Waals surface area contributed by atoms with Crippen LogP contribution in [0.1, 0.15) is 41.0 Å². The van der Waals surface area contributed by atoms with E-state index in [2.05, 4.69) is 5.32 Å². The highest BCUT2D eigenvalue weighted by molar-refractivity contribution is 6.23. The number of benzene rings is 2. The Labute approximate surface area is 161 Å². The summed E-state index contributed by atoms with van der Waals surface area (Å²) in [7, 11) is 0. The maximum atomic E-state index is 12.9. The first-order valence-electron chi connectivity index (χ1n) is 8.82. The lowest BCUT2D eigenvalue weighted by Crippen LogP contribution is -2.47. The van der Waals surface area contributed by atoms with E-state index in [1.54, 1.807) is 24.3 Å². The van der Waals surface area contributed by atoms with Gasteiger partial charge >= 0.3 is 0 Å². The zero-order valence-electron chi connectivity index (χ0n) is 15.4. The highest BCUT2D eigenvalue weighted by atomic mass is 16.6. The van der Waals surface area contributed by atoms with Gasteiger partial charge < -0.3 is 5.32 Å². The molecule has 0 fully saturated rings. The standard InChI is InChI=1S/C20H19N3O5/c1-12(2)10-17(18(24)21-13-6-5-7-14(11-13)23(27)28)22-19(25)15-8-3-4-9-16(15)20(22)26/h3-9,11-12,17H,10H2,1-2H3,(H,21,24). The molecule has 28 heavy (non-hydrogen) atoms. The predicted molar refractivity (Wildman–Crippen MR) is 102 cm³/mol. The van der Waals surface area contributed by atoms with Crippen LogP contribution in [0.5, 0.6) is 0 Å². The van der Waals surface area contributed by atoms with Gasteiger partial charge in [-0.2, -0.15) is 0 Å². The Bertz CT molecular complexity index is 935. The van der Waals surface area contributed by atoms with E-state index in [0.717, 1.165) is 4.90 Å². The van der Waals surface area contributed by atoms with Gasteiger partial charge in [0.05, 0.1) is 16.1 Å². The highest BCUT2D eigenvalue weighted by Gasteiger charge is 2.42. The minimum absolute atomic E-state index is 0.0326. The SMILES string of the molecule is CC(C)CC(C(=O)Nc1cccc([N+](=O)[O-])c1)N1C(=O)c2ccccc2C1=O. The molecule has 3 amide bonds. The van der Waals surface area contributed by atoms with Crippen molar-refractivity contribution in [2.45, 2.75) is 26.3 Å². The lowest BCUT2D eigenvalue weighted by Gasteiger charge is -2.26. The molecule has 0 spiro atoms. The molecule has 1 unspecified atom stereocenters. The highest BCUT2D eigenvalue weighted by Crippen LogP contribution is 2.28. The third kappa shape index (κ3) is 3.62. The lowest BCUT2D eigenvalue weighted by atomic mass is 10.0. The average Bonchev–Trinajstić information content (AvgIpc) is 2.91. The van der Waals surface area contributed by atoms with Gasteiger partial charge in [-0.15, -0.1) is 0 Å². The number of non-ortho nitro benzene ring substituents is 1. The largest absolute Gasteiger partial charge is 0.324 e. The summed E-state index contributed by atoms with van der Waals surface area (Å²) < 4.78 is 0.